The first kappa shape index (κ1) is 14.5. The minimum absolute atomic E-state index is 0.114. The average Bonchev–Trinajstić information content (AvgIpc) is 2.47. The van der Waals surface area contributed by atoms with Crippen molar-refractivity contribution in [1.82, 2.24) is 4.31 Å². The number of rotatable bonds is 3. The van der Waals surface area contributed by atoms with Crippen LogP contribution in [-0.2, 0) is 14.8 Å². The molecular weight excluding hydrogens is 280 g/mol. The summed E-state index contributed by atoms with van der Waals surface area (Å²) in [6.45, 7) is 0.335. The van der Waals surface area contributed by atoms with Crippen molar-refractivity contribution in [3.05, 3.63) is 29.8 Å². The van der Waals surface area contributed by atoms with Crippen molar-refractivity contribution >= 4 is 16.0 Å². The molecule has 7 heteroatoms. The number of aliphatic carboxylic acids is 1. The maximum absolute atomic E-state index is 12.3. The minimum Gasteiger partial charge on any atom is -0.550 e. The second-order valence-corrected chi connectivity index (χ2v) is 6.57. The number of piperidine rings is 1. The highest BCUT2D eigenvalue weighted by Gasteiger charge is 2.29. The first-order chi connectivity index (χ1) is 9.45. The molecule has 0 aromatic heterocycles. The summed E-state index contributed by atoms with van der Waals surface area (Å²) in [6.07, 6.45) is 0.523. The number of nitriles is 1. The molecule has 0 atom stereocenters. The lowest BCUT2D eigenvalue weighted by atomic mass is 9.99. The van der Waals surface area contributed by atoms with Crippen LogP contribution in [0.1, 0.15) is 18.4 Å². The molecule has 0 spiro atoms. The summed E-state index contributed by atoms with van der Waals surface area (Å²) in [4.78, 5) is 10.9. The van der Waals surface area contributed by atoms with Crippen LogP contribution < -0.4 is 5.11 Å². The summed E-state index contributed by atoms with van der Waals surface area (Å²) in [5.41, 5.74) is 0.389. The van der Waals surface area contributed by atoms with Gasteiger partial charge in [-0.05, 0) is 37.1 Å². The van der Waals surface area contributed by atoms with Gasteiger partial charge in [-0.2, -0.15) is 9.57 Å². The van der Waals surface area contributed by atoms with Crippen molar-refractivity contribution in [3.63, 3.8) is 0 Å². The van der Waals surface area contributed by atoms with Gasteiger partial charge in [-0.1, -0.05) is 0 Å². The molecule has 0 N–H and O–H groups in total. The van der Waals surface area contributed by atoms with Gasteiger partial charge in [-0.15, -0.1) is 0 Å². The van der Waals surface area contributed by atoms with Crippen LogP contribution in [0, 0.1) is 17.2 Å². The Morgan fingerprint density at radius 1 is 1.25 bits per heavy atom. The maximum Gasteiger partial charge on any atom is 0.243 e. The molecule has 0 amide bonds. The monoisotopic (exact) mass is 293 g/mol. The molecule has 2 rings (SSSR count). The molecule has 106 valence electrons. The zero-order valence-electron chi connectivity index (χ0n) is 10.7. The topological polar surface area (TPSA) is 101 Å². The lowest BCUT2D eigenvalue weighted by Crippen LogP contribution is -2.43. The third-order valence-electron chi connectivity index (χ3n) is 3.41. The third kappa shape index (κ3) is 2.81. The molecule has 1 saturated heterocycles. The largest absolute Gasteiger partial charge is 0.550 e. The molecule has 0 aliphatic carbocycles. The summed E-state index contributed by atoms with van der Waals surface area (Å²) >= 11 is 0. The quantitative estimate of drug-likeness (QED) is 0.762. The fourth-order valence-corrected chi connectivity index (χ4v) is 3.65. The number of nitrogens with zero attached hydrogens (tertiary/aromatic N) is 2. The minimum atomic E-state index is -3.63. The number of benzene rings is 1. The van der Waals surface area contributed by atoms with E-state index in [0.717, 1.165) is 0 Å². The van der Waals surface area contributed by atoms with Crippen molar-refractivity contribution < 1.29 is 18.3 Å². The smallest absolute Gasteiger partial charge is 0.243 e. The van der Waals surface area contributed by atoms with Crippen LogP contribution in [0.15, 0.2) is 29.2 Å². The van der Waals surface area contributed by atoms with Crippen molar-refractivity contribution in [1.29, 1.82) is 5.26 Å². The number of carbonyl (C=O) groups excluding carboxylic acids is 1. The highest BCUT2D eigenvalue weighted by molar-refractivity contribution is 7.89. The third-order valence-corrected chi connectivity index (χ3v) is 5.32. The van der Waals surface area contributed by atoms with Gasteiger partial charge in [-0.25, -0.2) is 8.42 Å². The Balaban J connectivity index is 2.15. The fraction of sp³-hybridized carbons (Fsp3) is 0.385. The molecule has 1 aromatic carbocycles. The van der Waals surface area contributed by atoms with E-state index in [0.29, 0.717) is 5.56 Å². The first-order valence-corrected chi connectivity index (χ1v) is 7.60. The van der Waals surface area contributed by atoms with Gasteiger partial charge in [0, 0.05) is 25.0 Å². The molecular formula is C13H13N2O4S-. The van der Waals surface area contributed by atoms with Gasteiger partial charge in [-0.3, -0.25) is 0 Å². The Bertz CT molecular complexity index is 638. The highest BCUT2D eigenvalue weighted by atomic mass is 32.2. The van der Waals surface area contributed by atoms with Gasteiger partial charge in [0.1, 0.15) is 0 Å². The van der Waals surface area contributed by atoms with Gasteiger partial charge in [0.05, 0.1) is 16.5 Å². The van der Waals surface area contributed by atoms with Crippen molar-refractivity contribution in [2.45, 2.75) is 17.7 Å². The van der Waals surface area contributed by atoms with Crippen molar-refractivity contribution in [2.75, 3.05) is 13.1 Å². The van der Waals surface area contributed by atoms with Crippen LogP contribution >= 0.6 is 0 Å². The Hall–Kier alpha value is -1.91. The molecule has 1 aliphatic rings. The average molecular weight is 293 g/mol. The van der Waals surface area contributed by atoms with E-state index in [1.165, 1.54) is 28.6 Å². The van der Waals surface area contributed by atoms with Gasteiger partial charge in [0.15, 0.2) is 0 Å². The van der Waals surface area contributed by atoms with Crippen molar-refractivity contribution in [2.24, 2.45) is 5.92 Å². The molecule has 20 heavy (non-hydrogen) atoms. The Morgan fingerprint density at radius 2 is 1.80 bits per heavy atom. The van der Waals surface area contributed by atoms with Crippen LogP contribution in [0.5, 0.6) is 0 Å². The number of carbonyl (C=O) groups is 1. The zero-order chi connectivity index (χ0) is 14.8. The molecule has 1 aromatic rings. The van der Waals surface area contributed by atoms with E-state index >= 15 is 0 Å². The SMILES string of the molecule is N#Cc1ccc(S(=O)(=O)N2CCC(C(=O)[O-])CC2)cc1. The predicted molar refractivity (Wildman–Crippen MR) is 67.6 cm³/mol. The lowest BCUT2D eigenvalue weighted by Gasteiger charge is -2.31. The zero-order valence-corrected chi connectivity index (χ0v) is 11.5. The number of sulfonamides is 1. The van der Waals surface area contributed by atoms with Crippen LogP contribution in [0.25, 0.3) is 0 Å². The molecule has 6 nitrogen and oxygen atoms in total. The normalized spacial score (nSPS) is 17.6. The molecule has 1 heterocycles. The van der Waals surface area contributed by atoms with Crippen molar-refractivity contribution in [3.8, 4) is 6.07 Å². The molecule has 0 saturated carbocycles. The fourth-order valence-electron chi connectivity index (χ4n) is 2.18. The number of hydrogen-bond donors (Lipinski definition) is 0. The number of hydrogen-bond acceptors (Lipinski definition) is 5. The van der Waals surface area contributed by atoms with E-state index in [1.54, 1.807) is 0 Å². The predicted octanol–water partition coefficient (Wildman–Crippen LogP) is -0.291. The molecule has 1 fully saturated rings. The lowest BCUT2D eigenvalue weighted by molar-refractivity contribution is -0.312. The van der Waals surface area contributed by atoms with Crippen LogP contribution in [-0.4, -0.2) is 31.8 Å². The van der Waals surface area contributed by atoms with Gasteiger partial charge in [0.25, 0.3) is 0 Å². The van der Waals surface area contributed by atoms with Crippen LogP contribution in [0.2, 0.25) is 0 Å². The first-order valence-electron chi connectivity index (χ1n) is 6.16. The number of carboxylic acid groups (broad SMARTS) is 1. The Kier molecular flexibility index (Phi) is 4.06. The van der Waals surface area contributed by atoms with E-state index in [9.17, 15) is 18.3 Å². The Labute approximate surface area is 117 Å². The van der Waals surface area contributed by atoms with E-state index in [-0.39, 0.29) is 30.8 Å². The van der Waals surface area contributed by atoms with Gasteiger partial charge >= 0.3 is 0 Å². The summed E-state index contributed by atoms with van der Waals surface area (Å²) in [7, 11) is -3.63. The van der Waals surface area contributed by atoms with Crippen LogP contribution in [0.3, 0.4) is 0 Å². The number of carboxylic acids is 1. The van der Waals surface area contributed by atoms with E-state index in [2.05, 4.69) is 0 Å². The Morgan fingerprint density at radius 3 is 2.25 bits per heavy atom. The molecule has 1 aliphatic heterocycles. The van der Waals surface area contributed by atoms with E-state index in [1.807, 2.05) is 6.07 Å². The second-order valence-electron chi connectivity index (χ2n) is 4.63. The highest BCUT2D eigenvalue weighted by Crippen LogP contribution is 2.23. The summed E-state index contributed by atoms with van der Waals surface area (Å²) in [5.74, 6) is -1.71. The van der Waals surface area contributed by atoms with Crippen LogP contribution in [0.4, 0.5) is 0 Å². The van der Waals surface area contributed by atoms with E-state index in [4.69, 9.17) is 5.26 Å². The standard InChI is InChI=1S/C13H14N2O4S/c14-9-10-1-3-12(4-2-10)20(18,19)15-7-5-11(6-8-15)13(16)17/h1-4,11H,5-8H2,(H,16,17)/p-1. The summed E-state index contributed by atoms with van der Waals surface area (Å²) < 4.78 is 26.0. The maximum atomic E-state index is 12.3. The molecule has 0 bridgehead atoms. The van der Waals surface area contributed by atoms with Gasteiger partial charge < -0.3 is 9.90 Å². The van der Waals surface area contributed by atoms with Gasteiger partial charge in [0.2, 0.25) is 10.0 Å². The van der Waals surface area contributed by atoms with E-state index < -0.39 is 21.9 Å². The summed E-state index contributed by atoms with van der Waals surface area (Å²) in [6, 6.07) is 7.59. The summed E-state index contributed by atoms with van der Waals surface area (Å²) in [5, 5.41) is 19.4. The second kappa shape index (κ2) is 5.61. The molecule has 0 unspecified atom stereocenters. The molecule has 0 radical (unpaired) electrons.